The summed E-state index contributed by atoms with van der Waals surface area (Å²) < 4.78 is 43.8. The number of aromatic nitrogens is 3. The van der Waals surface area contributed by atoms with Crippen LogP contribution >= 0.6 is 11.3 Å². The molecule has 3 fully saturated rings. The van der Waals surface area contributed by atoms with E-state index < -0.39 is 11.6 Å². The molecule has 7 heterocycles. The van der Waals surface area contributed by atoms with E-state index in [4.69, 9.17) is 25.2 Å². The lowest BCUT2D eigenvalue weighted by atomic mass is 9.93. The number of nitrogens with two attached hydrogens (primary N) is 1. The average molecular weight is 751 g/mol. The first-order valence-electron chi connectivity index (χ1n) is 19.4. The van der Waals surface area contributed by atoms with Crippen LogP contribution in [0.5, 0.6) is 0 Å². The minimum Gasteiger partial charge on any atom is -0.389 e. The molecule has 10 nitrogen and oxygen atoms in total. The zero-order valence-corrected chi connectivity index (χ0v) is 33.5. The highest BCUT2D eigenvalue weighted by Gasteiger charge is 2.43. The predicted molar refractivity (Wildman–Crippen MR) is 213 cm³/mol. The first kappa shape index (κ1) is 40.5. The Balaban J connectivity index is 0.000000627. The van der Waals surface area contributed by atoms with E-state index in [-0.39, 0.29) is 62.7 Å². The first-order chi connectivity index (χ1) is 25.8. The fourth-order valence-electron chi connectivity index (χ4n) is 7.82. The molecule has 0 amide bonds. The molecule has 3 aromatic heterocycles. The van der Waals surface area contributed by atoms with Crippen LogP contribution in [-0.2, 0) is 22.7 Å². The normalized spacial score (nSPS) is 20.4. The van der Waals surface area contributed by atoms with E-state index in [2.05, 4.69) is 46.5 Å². The van der Waals surface area contributed by atoms with Crippen LogP contribution in [0.3, 0.4) is 0 Å². The third-order valence-electron chi connectivity index (χ3n) is 10.4. The summed E-state index contributed by atoms with van der Waals surface area (Å²) in [4.78, 5) is 21.6. The van der Waals surface area contributed by atoms with Crippen molar-refractivity contribution in [2.24, 2.45) is 5.92 Å². The van der Waals surface area contributed by atoms with Gasteiger partial charge in [0, 0.05) is 62.9 Å². The zero-order chi connectivity index (χ0) is 38.4. The molecule has 3 saturated heterocycles. The zero-order valence-electron chi connectivity index (χ0n) is 32.7. The molecule has 0 saturated carbocycles. The molecule has 1 aromatic carbocycles. The van der Waals surface area contributed by atoms with E-state index in [9.17, 15) is 9.65 Å². The second-order valence-corrected chi connectivity index (χ2v) is 14.8. The van der Waals surface area contributed by atoms with Crippen molar-refractivity contribution in [3.8, 4) is 17.3 Å². The van der Waals surface area contributed by atoms with E-state index in [0.29, 0.717) is 29.4 Å². The SMILES string of the molecule is CC.CC.CCCC.COCCN1CC2CCC(C1)N2c1nc(N2CCC(C)C2)nc2c(F)c(-c3ncc(F)c4sc(N)c(C#N)c34)c3c(c12)COC3. The van der Waals surface area contributed by atoms with Gasteiger partial charge in [0.1, 0.15) is 22.4 Å². The van der Waals surface area contributed by atoms with Crippen molar-refractivity contribution >= 4 is 49.1 Å². The number of anilines is 3. The van der Waals surface area contributed by atoms with Crippen molar-refractivity contribution in [1.82, 2.24) is 19.9 Å². The number of unbranched alkanes of at least 4 members (excludes halogenated alkanes) is 1. The number of nitriles is 1. The van der Waals surface area contributed by atoms with Crippen LogP contribution in [0.25, 0.3) is 32.2 Å². The second kappa shape index (κ2) is 18.1. The molecule has 3 atom stereocenters. The number of nitrogens with zero attached hydrogens (tertiary/aromatic N) is 7. The third-order valence-corrected chi connectivity index (χ3v) is 11.5. The van der Waals surface area contributed by atoms with Gasteiger partial charge in [0.05, 0.1) is 47.4 Å². The summed E-state index contributed by atoms with van der Waals surface area (Å²) in [7, 11) is 1.73. The molecule has 53 heavy (non-hydrogen) atoms. The molecule has 4 aromatic rings. The van der Waals surface area contributed by atoms with Gasteiger partial charge in [-0.1, -0.05) is 61.3 Å². The number of halogens is 2. The Morgan fingerprint density at radius 3 is 2.28 bits per heavy atom. The highest BCUT2D eigenvalue weighted by atomic mass is 32.1. The number of likely N-dealkylation sites (tertiary alicyclic amines) is 1. The van der Waals surface area contributed by atoms with Crippen molar-refractivity contribution in [2.45, 2.75) is 106 Å². The maximum absolute atomic E-state index is 17.3. The van der Waals surface area contributed by atoms with Crippen LogP contribution in [0.2, 0.25) is 0 Å². The van der Waals surface area contributed by atoms with Crippen LogP contribution in [-0.4, -0.2) is 78.4 Å². The van der Waals surface area contributed by atoms with Gasteiger partial charge in [0.25, 0.3) is 0 Å². The summed E-state index contributed by atoms with van der Waals surface area (Å²) in [5, 5.41) is 11.0. The third kappa shape index (κ3) is 7.66. The fourth-order valence-corrected chi connectivity index (χ4v) is 8.74. The molecule has 13 heteroatoms. The molecule has 0 radical (unpaired) electrons. The van der Waals surface area contributed by atoms with Gasteiger partial charge in [0.15, 0.2) is 11.6 Å². The van der Waals surface area contributed by atoms with Crippen LogP contribution in [0.1, 0.15) is 97.3 Å². The standard InChI is InChI=1S/C32H34F2N8O2S.C4H10.2C2H6/c1-16-5-6-41(11-16)32-38-28-25(31(39-32)42-17-3-4-18(42)13-40(12-17)7-8-43-2)21-15-44-14-20(21)23(26(28)34)27-24-19(9-35)30(36)45-29(24)22(33)10-37-27;1-3-4-2;2*1-2/h10,16-18H,3-8,11-15,36H2,1-2H3;3-4H2,1-2H3;2*1-2H3. The number of benzene rings is 1. The Hall–Kier alpha value is -3.70. The van der Waals surface area contributed by atoms with Gasteiger partial charge in [-0.25, -0.2) is 13.8 Å². The number of thiophene rings is 1. The summed E-state index contributed by atoms with van der Waals surface area (Å²) in [6.45, 7) is 19.9. The number of piperazine rings is 1. The average Bonchev–Trinajstić information content (AvgIpc) is 3.98. The number of ether oxygens (including phenoxy) is 2. The Morgan fingerprint density at radius 1 is 1.00 bits per heavy atom. The lowest BCUT2D eigenvalue weighted by Crippen LogP contribution is -2.54. The van der Waals surface area contributed by atoms with Crippen LogP contribution < -0.4 is 15.5 Å². The predicted octanol–water partition coefficient (Wildman–Crippen LogP) is 8.67. The molecule has 0 spiro atoms. The maximum atomic E-state index is 17.3. The molecule has 3 unspecified atom stereocenters. The molecule has 288 valence electrons. The van der Waals surface area contributed by atoms with E-state index in [1.54, 1.807) is 7.11 Å². The van der Waals surface area contributed by atoms with Crippen LogP contribution in [0, 0.1) is 28.9 Å². The van der Waals surface area contributed by atoms with Crippen molar-refractivity contribution in [3.63, 3.8) is 0 Å². The number of hydrogen-bond donors (Lipinski definition) is 1. The number of rotatable bonds is 7. The molecule has 0 aliphatic carbocycles. The Kier molecular flexibility index (Phi) is 13.8. The Morgan fingerprint density at radius 2 is 1.68 bits per heavy atom. The minimum atomic E-state index is -0.601. The van der Waals surface area contributed by atoms with Crippen molar-refractivity contribution in [2.75, 3.05) is 62.0 Å². The minimum absolute atomic E-state index is 0.0993. The Labute approximate surface area is 317 Å². The molecule has 2 bridgehead atoms. The lowest BCUT2D eigenvalue weighted by molar-refractivity contribution is 0.132. The molecule has 8 rings (SSSR count). The number of fused-ring (bicyclic) bond motifs is 6. The summed E-state index contributed by atoms with van der Waals surface area (Å²) >= 11 is 0.970. The number of pyridine rings is 1. The summed E-state index contributed by atoms with van der Waals surface area (Å²) in [5.41, 5.74) is 8.26. The van der Waals surface area contributed by atoms with Gasteiger partial charge in [0.2, 0.25) is 5.95 Å². The molecular formula is C40H56F2N8O2S. The van der Waals surface area contributed by atoms with E-state index in [1.165, 1.54) is 12.8 Å². The van der Waals surface area contributed by atoms with E-state index in [1.807, 2.05) is 27.7 Å². The van der Waals surface area contributed by atoms with E-state index in [0.717, 1.165) is 80.9 Å². The molecule has 4 aliphatic heterocycles. The number of hydrogen-bond acceptors (Lipinski definition) is 11. The first-order valence-corrected chi connectivity index (χ1v) is 20.2. The smallest absolute Gasteiger partial charge is 0.228 e. The van der Waals surface area contributed by atoms with Crippen LogP contribution in [0.15, 0.2) is 6.20 Å². The van der Waals surface area contributed by atoms with Gasteiger partial charge in [-0.05, 0) is 36.3 Å². The van der Waals surface area contributed by atoms with E-state index >= 15 is 4.39 Å². The van der Waals surface area contributed by atoms with Gasteiger partial charge >= 0.3 is 0 Å². The summed E-state index contributed by atoms with van der Waals surface area (Å²) in [5.74, 6) is 0.590. The largest absolute Gasteiger partial charge is 0.389 e. The van der Waals surface area contributed by atoms with Crippen molar-refractivity contribution in [3.05, 3.63) is 34.5 Å². The summed E-state index contributed by atoms with van der Waals surface area (Å²) in [6, 6.07) is 2.55. The molecular weight excluding hydrogens is 695 g/mol. The van der Waals surface area contributed by atoms with Gasteiger partial charge in [-0.2, -0.15) is 10.2 Å². The Bertz CT molecular complexity index is 1920. The highest BCUT2D eigenvalue weighted by molar-refractivity contribution is 7.23. The summed E-state index contributed by atoms with van der Waals surface area (Å²) in [6.07, 6.45) is 6.79. The monoisotopic (exact) mass is 750 g/mol. The number of nitrogen functional groups attached to an aromatic ring is 1. The van der Waals surface area contributed by atoms with Gasteiger partial charge < -0.3 is 25.0 Å². The quantitative estimate of drug-likeness (QED) is 0.197. The topological polar surface area (TPSA) is 117 Å². The second-order valence-electron chi connectivity index (χ2n) is 13.7. The maximum Gasteiger partial charge on any atom is 0.228 e. The lowest BCUT2D eigenvalue weighted by Gasteiger charge is -2.42. The van der Waals surface area contributed by atoms with Crippen molar-refractivity contribution in [1.29, 1.82) is 5.26 Å². The van der Waals surface area contributed by atoms with Crippen molar-refractivity contribution < 1.29 is 18.3 Å². The van der Waals surface area contributed by atoms with Gasteiger partial charge in [-0.3, -0.25) is 9.88 Å². The number of methoxy groups -OCH3 is 1. The van der Waals surface area contributed by atoms with Gasteiger partial charge in [-0.15, -0.1) is 11.3 Å². The molecule has 2 N–H and O–H groups in total. The van der Waals surface area contributed by atoms with Crippen LogP contribution in [0.4, 0.5) is 25.5 Å². The fraction of sp³-hybridized carbons (Fsp3) is 0.600. The molecule has 4 aliphatic rings. The highest BCUT2D eigenvalue weighted by Crippen LogP contribution is 2.48.